The summed E-state index contributed by atoms with van der Waals surface area (Å²) in [5, 5.41) is 15.2. The first-order valence-corrected chi connectivity index (χ1v) is 12.4. The van der Waals surface area contributed by atoms with Gasteiger partial charge in [0.1, 0.15) is 11.9 Å². The van der Waals surface area contributed by atoms with Crippen molar-refractivity contribution >= 4 is 11.4 Å². The van der Waals surface area contributed by atoms with Crippen molar-refractivity contribution < 1.29 is 28.2 Å². The molecule has 4 aromatic rings. The number of fused-ring (bicyclic) bond motifs is 9. The average Bonchev–Trinajstić information content (AvgIpc) is 3.40. The first kappa shape index (κ1) is 23.2. The zero-order valence-corrected chi connectivity index (χ0v) is 20.3. The van der Waals surface area contributed by atoms with Crippen molar-refractivity contribution in [1.82, 2.24) is 24.5 Å². The average molecular weight is 520 g/mol. The number of amides is 1. The minimum Gasteiger partial charge on any atom is -0.434 e. The predicted octanol–water partition coefficient (Wildman–Crippen LogP) is 3.73. The molecule has 5 heterocycles. The van der Waals surface area contributed by atoms with Crippen molar-refractivity contribution in [3.05, 3.63) is 77.1 Å². The van der Waals surface area contributed by atoms with Crippen LogP contribution in [-0.2, 0) is 4.74 Å². The number of carbonyl (C=O) groups is 1. The molecule has 1 N–H and O–H groups in total. The number of hydrogen-bond donors (Lipinski definition) is 1. The van der Waals surface area contributed by atoms with Crippen LogP contribution in [0.3, 0.4) is 0 Å². The Hall–Kier alpha value is -3.96. The number of aliphatic hydroxyl groups excluding tert-OH is 1. The number of halogens is 2. The number of ether oxygens (including phenoxy) is 2. The molecule has 0 saturated carbocycles. The number of aliphatic hydroxyl groups is 1. The molecule has 3 atom stereocenters. The van der Waals surface area contributed by atoms with Gasteiger partial charge in [0, 0.05) is 59.7 Å². The molecule has 1 fully saturated rings. The van der Waals surface area contributed by atoms with E-state index in [0.29, 0.717) is 36.6 Å². The van der Waals surface area contributed by atoms with E-state index in [9.17, 15) is 18.7 Å². The maximum absolute atomic E-state index is 13.3. The largest absolute Gasteiger partial charge is 0.434 e. The molecule has 9 nitrogen and oxygen atoms in total. The fourth-order valence-electron chi connectivity index (χ4n) is 5.83. The molecule has 1 aliphatic carbocycles. The van der Waals surface area contributed by atoms with E-state index in [1.165, 1.54) is 6.07 Å². The van der Waals surface area contributed by atoms with Crippen LogP contribution in [0.25, 0.3) is 16.6 Å². The Morgan fingerprint density at radius 3 is 2.63 bits per heavy atom. The van der Waals surface area contributed by atoms with Crippen LogP contribution in [0, 0.1) is 5.92 Å². The van der Waals surface area contributed by atoms with Gasteiger partial charge in [-0.1, -0.05) is 6.07 Å². The molecule has 194 valence electrons. The topological polar surface area (TPSA) is 102 Å². The second-order valence-corrected chi connectivity index (χ2v) is 9.93. The van der Waals surface area contributed by atoms with Crippen molar-refractivity contribution in [1.29, 1.82) is 0 Å². The fraction of sp³-hybridized carbons (Fsp3) is 0.333. The van der Waals surface area contributed by atoms with Gasteiger partial charge in [-0.25, -0.2) is 14.5 Å². The van der Waals surface area contributed by atoms with Gasteiger partial charge in [0.05, 0.1) is 30.5 Å². The van der Waals surface area contributed by atoms with E-state index in [1.807, 2.05) is 18.3 Å². The highest BCUT2D eigenvalue weighted by Gasteiger charge is 2.46. The van der Waals surface area contributed by atoms with Crippen LogP contribution in [0.5, 0.6) is 5.75 Å². The number of hydrogen-bond acceptors (Lipinski definition) is 7. The van der Waals surface area contributed by atoms with Crippen LogP contribution in [-0.4, -0.2) is 62.4 Å². The fourth-order valence-corrected chi connectivity index (χ4v) is 5.83. The molecule has 11 heteroatoms. The number of nitrogens with zero attached hydrogens (tertiary/aromatic N) is 5. The van der Waals surface area contributed by atoms with Gasteiger partial charge >= 0.3 is 6.61 Å². The minimum absolute atomic E-state index is 0.00171. The zero-order valence-electron chi connectivity index (χ0n) is 20.3. The van der Waals surface area contributed by atoms with Crippen LogP contribution < -0.4 is 4.74 Å². The monoisotopic (exact) mass is 519 g/mol. The lowest BCUT2D eigenvalue weighted by Crippen LogP contribution is -2.33. The van der Waals surface area contributed by atoms with Gasteiger partial charge < -0.3 is 19.5 Å². The van der Waals surface area contributed by atoms with Gasteiger partial charge in [-0.3, -0.25) is 4.79 Å². The lowest BCUT2D eigenvalue weighted by atomic mass is 9.88. The molecule has 1 amide bonds. The van der Waals surface area contributed by atoms with Crippen LogP contribution in [0.2, 0.25) is 0 Å². The Bertz CT molecular complexity index is 1570. The summed E-state index contributed by atoms with van der Waals surface area (Å²) in [6, 6.07) is 8.27. The normalized spacial score (nSPS) is 21.3. The van der Waals surface area contributed by atoms with E-state index in [0.717, 1.165) is 27.9 Å². The van der Waals surface area contributed by atoms with Crippen LogP contribution in [0.1, 0.15) is 57.5 Å². The Labute approximate surface area is 215 Å². The first-order chi connectivity index (χ1) is 18.4. The highest BCUT2D eigenvalue weighted by atomic mass is 19.3. The molecule has 1 aromatic carbocycles. The van der Waals surface area contributed by atoms with Gasteiger partial charge in [-0.2, -0.15) is 13.9 Å². The molecule has 0 unspecified atom stereocenters. The third-order valence-electron chi connectivity index (χ3n) is 7.85. The highest BCUT2D eigenvalue weighted by molar-refractivity contribution is 5.98. The summed E-state index contributed by atoms with van der Waals surface area (Å²) in [5.41, 5.74) is 4.87. The Kier molecular flexibility index (Phi) is 5.21. The van der Waals surface area contributed by atoms with Gasteiger partial charge in [-0.15, -0.1) is 0 Å². The Morgan fingerprint density at radius 1 is 1.13 bits per heavy atom. The van der Waals surface area contributed by atoms with Crippen molar-refractivity contribution in [2.75, 3.05) is 20.3 Å². The van der Waals surface area contributed by atoms with Crippen molar-refractivity contribution in [3.63, 3.8) is 0 Å². The van der Waals surface area contributed by atoms with E-state index < -0.39 is 12.7 Å². The number of aromatic nitrogens is 4. The summed E-state index contributed by atoms with van der Waals surface area (Å²) in [5.74, 6) is -0.229. The number of carbonyl (C=O) groups excluding carboxylic acids is 1. The molecule has 0 radical (unpaired) electrons. The third-order valence-corrected chi connectivity index (χ3v) is 7.85. The second-order valence-electron chi connectivity index (χ2n) is 9.93. The predicted molar refractivity (Wildman–Crippen MR) is 130 cm³/mol. The first-order valence-electron chi connectivity index (χ1n) is 12.4. The molecular weight excluding hydrogens is 496 g/mol. The quantitative estimate of drug-likeness (QED) is 0.429. The molecule has 0 spiro atoms. The maximum atomic E-state index is 13.3. The molecular formula is C27H23F2N5O4. The lowest BCUT2D eigenvalue weighted by Gasteiger charge is -2.29. The van der Waals surface area contributed by atoms with Gasteiger partial charge in [0.2, 0.25) is 0 Å². The molecule has 38 heavy (non-hydrogen) atoms. The zero-order chi connectivity index (χ0) is 26.1. The summed E-state index contributed by atoms with van der Waals surface area (Å²) in [7, 11) is 1.72. The lowest BCUT2D eigenvalue weighted by molar-refractivity contribution is -0.0948. The number of pyridine rings is 1. The van der Waals surface area contributed by atoms with Crippen molar-refractivity contribution in [3.8, 4) is 16.9 Å². The number of rotatable bonds is 5. The summed E-state index contributed by atoms with van der Waals surface area (Å²) < 4.78 is 38.4. The van der Waals surface area contributed by atoms with E-state index in [-0.39, 0.29) is 29.5 Å². The van der Waals surface area contributed by atoms with Gasteiger partial charge in [0.25, 0.3) is 5.91 Å². The highest BCUT2D eigenvalue weighted by Crippen LogP contribution is 2.53. The van der Waals surface area contributed by atoms with Crippen LogP contribution in [0.4, 0.5) is 8.78 Å². The third kappa shape index (κ3) is 3.42. The van der Waals surface area contributed by atoms with Gasteiger partial charge in [0.15, 0.2) is 5.82 Å². The summed E-state index contributed by atoms with van der Waals surface area (Å²) >= 11 is 0. The second kappa shape index (κ2) is 8.53. The van der Waals surface area contributed by atoms with E-state index in [2.05, 4.69) is 9.97 Å². The molecule has 2 aliphatic heterocycles. The molecule has 7 rings (SSSR count). The number of alkyl halides is 2. The standard InChI is InChI=1S/C27H23F2N5O4/c1-33-19-8-17(21-16(26(33)36)3-2-4-20(21)38-27(28)29)22-18-7-13(5-6-34(18)32-23(19)22)14-9-30-25(31-10-14)24(35)15-11-37-12-15/h2-7,9-10,15,17,19,24,27,35H,8,11-12H2,1H3/t17-,19-,24-/m1/s1. The smallest absolute Gasteiger partial charge is 0.387 e. The number of benzene rings is 1. The minimum atomic E-state index is -3.01. The van der Waals surface area contributed by atoms with E-state index in [1.54, 1.807) is 41.0 Å². The van der Waals surface area contributed by atoms with Crippen LogP contribution >= 0.6 is 0 Å². The summed E-state index contributed by atoms with van der Waals surface area (Å²) in [6.45, 7) is -2.03. The molecule has 3 aromatic heterocycles. The van der Waals surface area contributed by atoms with Crippen molar-refractivity contribution in [2.24, 2.45) is 5.92 Å². The van der Waals surface area contributed by atoms with E-state index >= 15 is 0 Å². The molecule has 2 bridgehead atoms. The molecule has 1 saturated heterocycles. The summed E-state index contributed by atoms with van der Waals surface area (Å²) in [6.07, 6.45) is 4.93. The maximum Gasteiger partial charge on any atom is 0.387 e. The Morgan fingerprint density at radius 2 is 1.92 bits per heavy atom. The SMILES string of the molecule is CN1C(=O)c2cccc(OC(F)F)c2[C@H]2C[C@@H]1c1nn3ccc(-c4cnc([C@H](O)C5COC5)nc4)cc3c12. The van der Waals surface area contributed by atoms with Crippen molar-refractivity contribution in [2.45, 2.75) is 31.1 Å². The Balaban J connectivity index is 1.33. The summed E-state index contributed by atoms with van der Waals surface area (Å²) in [4.78, 5) is 23.7. The van der Waals surface area contributed by atoms with E-state index in [4.69, 9.17) is 14.6 Å². The van der Waals surface area contributed by atoms with Gasteiger partial charge in [-0.05, 0) is 36.2 Å². The molecule has 3 aliphatic rings. The van der Waals surface area contributed by atoms with Crippen LogP contribution in [0.15, 0.2) is 48.9 Å².